The number of nitrogens with zero attached hydrogens (tertiary/aromatic N) is 3. The van der Waals surface area contributed by atoms with Gasteiger partial charge in [0, 0.05) is 11.9 Å². The molecule has 0 bridgehead atoms. The smallest absolute Gasteiger partial charge is 0.341 e. The molecule has 2 atom stereocenters. The van der Waals surface area contributed by atoms with Crippen LogP contribution in [0.2, 0.25) is 0 Å². The van der Waals surface area contributed by atoms with E-state index in [2.05, 4.69) is 22.4 Å². The zero-order chi connectivity index (χ0) is 22.8. The number of esters is 1. The van der Waals surface area contributed by atoms with E-state index >= 15 is 0 Å². The Kier molecular flexibility index (Phi) is 6.71. The third-order valence-corrected chi connectivity index (χ3v) is 7.76. The van der Waals surface area contributed by atoms with Gasteiger partial charge in [0.25, 0.3) is 0 Å². The van der Waals surface area contributed by atoms with E-state index < -0.39 is 5.25 Å². The van der Waals surface area contributed by atoms with Gasteiger partial charge in [0.1, 0.15) is 5.00 Å². The summed E-state index contributed by atoms with van der Waals surface area (Å²) in [5.41, 5.74) is 1.54. The SMILES string of the molecule is CCOC(=O)c1c(NC(=O)C(C)Sc2nnc(-c3ccco3)n2C)sc2c1CCC(C)C2. The van der Waals surface area contributed by atoms with E-state index in [4.69, 9.17) is 9.15 Å². The minimum Gasteiger partial charge on any atom is -0.462 e. The molecule has 1 N–H and O–H groups in total. The number of ether oxygens (including phenoxy) is 1. The van der Waals surface area contributed by atoms with Crippen LogP contribution in [-0.4, -0.2) is 38.5 Å². The van der Waals surface area contributed by atoms with Gasteiger partial charge in [0.15, 0.2) is 16.7 Å². The van der Waals surface area contributed by atoms with Gasteiger partial charge in [-0.3, -0.25) is 4.79 Å². The second-order valence-corrected chi connectivity index (χ2v) is 10.3. The van der Waals surface area contributed by atoms with Crippen LogP contribution in [0.4, 0.5) is 5.00 Å². The molecule has 0 saturated carbocycles. The third kappa shape index (κ3) is 4.47. The average molecular weight is 475 g/mol. The second-order valence-electron chi connectivity index (χ2n) is 7.87. The highest BCUT2D eigenvalue weighted by Gasteiger charge is 2.30. The summed E-state index contributed by atoms with van der Waals surface area (Å²) in [6.45, 7) is 6.10. The molecule has 1 aliphatic rings. The number of thioether (sulfide) groups is 1. The third-order valence-electron chi connectivity index (χ3n) is 5.46. The molecular weight excluding hydrogens is 448 g/mol. The molecule has 170 valence electrons. The second kappa shape index (κ2) is 9.50. The van der Waals surface area contributed by atoms with Gasteiger partial charge in [-0.2, -0.15) is 0 Å². The monoisotopic (exact) mass is 474 g/mol. The number of aromatic nitrogens is 3. The molecule has 10 heteroatoms. The van der Waals surface area contributed by atoms with Crippen molar-refractivity contribution in [2.24, 2.45) is 13.0 Å². The number of carbonyl (C=O) groups excluding carboxylic acids is 2. The Morgan fingerprint density at radius 1 is 1.44 bits per heavy atom. The number of hydrogen-bond donors (Lipinski definition) is 1. The average Bonchev–Trinajstić information content (AvgIpc) is 3.47. The normalized spacial score (nSPS) is 16.4. The number of nitrogens with one attached hydrogen (secondary N) is 1. The van der Waals surface area contributed by atoms with E-state index in [9.17, 15) is 9.59 Å². The van der Waals surface area contributed by atoms with Crippen LogP contribution in [0.1, 0.15) is 48.0 Å². The van der Waals surface area contributed by atoms with Crippen LogP contribution in [0.3, 0.4) is 0 Å². The maximum absolute atomic E-state index is 13.0. The van der Waals surface area contributed by atoms with Crippen LogP contribution in [0, 0.1) is 5.92 Å². The Balaban J connectivity index is 1.52. The van der Waals surface area contributed by atoms with Crippen LogP contribution < -0.4 is 5.32 Å². The largest absolute Gasteiger partial charge is 0.462 e. The van der Waals surface area contributed by atoms with E-state index in [1.807, 2.05) is 13.1 Å². The van der Waals surface area contributed by atoms with Crippen LogP contribution in [-0.2, 0) is 29.4 Å². The summed E-state index contributed by atoms with van der Waals surface area (Å²) < 4.78 is 12.5. The molecule has 3 heterocycles. The summed E-state index contributed by atoms with van der Waals surface area (Å²) in [6.07, 6.45) is 4.35. The highest BCUT2D eigenvalue weighted by Crippen LogP contribution is 2.40. The summed E-state index contributed by atoms with van der Waals surface area (Å²) in [6, 6.07) is 3.60. The summed E-state index contributed by atoms with van der Waals surface area (Å²) in [5.74, 6) is 1.20. The number of rotatable bonds is 7. The first-order chi connectivity index (χ1) is 15.4. The van der Waals surface area contributed by atoms with E-state index in [0.29, 0.717) is 39.8 Å². The number of amides is 1. The van der Waals surface area contributed by atoms with Crippen LogP contribution in [0.5, 0.6) is 0 Å². The highest BCUT2D eigenvalue weighted by atomic mass is 32.2. The lowest BCUT2D eigenvalue weighted by molar-refractivity contribution is -0.115. The van der Waals surface area contributed by atoms with Gasteiger partial charge in [-0.15, -0.1) is 21.5 Å². The summed E-state index contributed by atoms with van der Waals surface area (Å²) in [4.78, 5) is 26.9. The number of fused-ring (bicyclic) bond motifs is 1. The molecule has 8 nitrogen and oxygen atoms in total. The quantitative estimate of drug-likeness (QED) is 0.396. The number of carbonyl (C=O) groups is 2. The van der Waals surface area contributed by atoms with Crippen LogP contribution in [0.15, 0.2) is 28.0 Å². The lowest BCUT2D eigenvalue weighted by atomic mass is 9.88. The van der Waals surface area contributed by atoms with Crippen molar-refractivity contribution in [3.63, 3.8) is 0 Å². The Morgan fingerprint density at radius 2 is 2.25 bits per heavy atom. The van der Waals surface area contributed by atoms with Gasteiger partial charge in [0.05, 0.1) is 23.7 Å². The molecular formula is C22H26N4O4S2. The first-order valence-electron chi connectivity index (χ1n) is 10.6. The molecule has 3 aromatic heterocycles. The van der Waals surface area contributed by atoms with Crippen molar-refractivity contribution in [1.29, 1.82) is 0 Å². The fraction of sp³-hybridized carbons (Fsp3) is 0.455. The zero-order valence-corrected chi connectivity index (χ0v) is 20.1. The van der Waals surface area contributed by atoms with Crippen molar-refractivity contribution in [3.05, 3.63) is 34.4 Å². The molecule has 0 aromatic carbocycles. The summed E-state index contributed by atoms with van der Waals surface area (Å²) in [7, 11) is 1.83. The number of hydrogen-bond acceptors (Lipinski definition) is 8. The molecule has 0 aliphatic heterocycles. The fourth-order valence-electron chi connectivity index (χ4n) is 3.72. The van der Waals surface area contributed by atoms with Gasteiger partial charge in [-0.05, 0) is 56.7 Å². The lowest BCUT2D eigenvalue weighted by Gasteiger charge is -2.18. The van der Waals surface area contributed by atoms with Gasteiger partial charge in [-0.1, -0.05) is 18.7 Å². The predicted molar refractivity (Wildman–Crippen MR) is 124 cm³/mol. The molecule has 0 radical (unpaired) electrons. The van der Waals surface area contributed by atoms with Gasteiger partial charge in [-0.25, -0.2) is 4.79 Å². The van der Waals surface area contributed by atoms with E-state index in [0.717, 1.165) is 24.8 Å². The first-order valence-corrected chi connectivity index (χ1v) is 12.3. The number of anilines is 1. The highest BCUT2D eigenvalue weighted by molar-refractivity contribution is 8.00. The molecule has 0 spiro atoms. The van der Waals surface area contributed by atoms with E-state index in [1.54, 1.807) is 30.7 Å². The van der Waals surface area contributed by atoms with Crippen molar-refractivity contribution >= 4 is 40.0 Å². The molecule has 3 aromatic rings. The molecule has 32 heavy (non-hydrogen) atoms. The molecule has 1 amide bonds. The number of thiophene rings is 1. The zero-order valence-electron chi connectivity index (χ0n) is 18.5. The molecule has 4 rings (SSSR count). The first kappa shape index (κ1) is 22.6. The van der Waals surface area contributed by atoms with Crippen molar-refractivity contribution in [2.45, 2.75) is 50.4 Å². The van der Waals surface area contributed by atoms with E-state index in [-0.39, 0.29) is 11.9 Å². The Morgan fingerprint density at radius 3 is 2.97 bits per heavy atom. The topological polar surface area (TPSA) is 99.2 Å². The van der Waals surface area contributed by atoms with Crippen molar-refractivity contribution < 1.29 is 18.7 Å². The van der Waals surface area contributed by atoms with Gasteiger partial charge < -0.3 is 19.0 Å². The van der Waals surface area contributed by atoms with Gasteiger partial charge in [0.2, 0.25) is 5.91 Å². The standard InChI is InChI=1S/C22H26N4O4S2/c1-5-29-21(28)17-14-9-8-12(2)11-16(14)32-20(17)23-19(27)13(3)31-22-25-24-18(26(22)4)15-7-6-10-30-15/h6-7,10,12-13H,5,8-9,11H2,1-4H3,(H,23,27). The minimum absolute atomic E-state index is 0.199. The van der Waals surface area contributed by atoms with E-state index in [1.165, 1.54) is 28.0 Å². The maximum atomic E-state index is 13.0. The minimum atomic E-state index is -0.449. The molecule has 0 saturated heterocycles. The molecule has 1 aliphatic carbocycles. The van der Waals surface area contributed by atoms with Crippen molar-refractivity contribution in [1.82, 2.24) is 14.8 Å². The van der Waals surface area contributed by atoms with Crippen LogP contribution in [0.25, 0.3) is 11.6 Å². The summed E-state index contributed by atoms with van der Waals surface area (Å²) >= 11 is 2.79. The van der Waals surface area contributed by atoms with Crippen molar-refractivity contribution in [3.8, 4) is 11.6 Å². The molecule has 0 fully saturated rings. The Labute approximate surface area is 194 Å². The number of furan rings is 1. The Bertz CT molecular complexity index is 1120. The molecule has 2 unspecified atom stereocenters. The fourth-order valence-corrected chi connectivity index (χ4v) is 5.94. The lowest BCUT2D eigenvalue weighted by Crippen LogP contribution is -2.24. The summed E-state index contributed by atoms with van der Waals surface area (Å²) in [5, 5.41) is 12.1. The van der Waals surface area contributed by atoms with Crippen LogP contribution >= 0.6 is 23.1 Å². The Hall–Kier alpha value is -2.59. The van der Waals surface area contributed by atoms with Crippen molar-refractivity contribution in [2.75, 3.05) is 11.9 Å². The maximum Gasteiger partial charge on any atom is 0.341 e. The van der Waals surface area contributed by atoms with Gasteiger partial charge >= 0.3 is 5.97 Å². The predicted octanol–water partition coefficient (Wildman–Crippen LogP) is 4.56.